The highest BCUT2D eigenvalue weighted by Crippen LogP contribution is 2.54. The molecule has 7 aromatic carbocycles. The Labute approximate surface area is 333 Å². The van der Waals surface area contributed by atoms with E-state index in [1.807, 2.05) is 18.5 Å². The Hall–Kier alpha value is -6.58. The molecule has 3 nitrogen and oxygen atoms in total. The molecule has 0 saturated heterocycles. The minimum absolute atomic E-state index is 0.0506. The molecule has 1 aliphatic heterocycles. The molecule has 2 aliphatic carbocycles. The average molecular weight is 732 g/mol. The fourth-order valence-corrected chi connectivity index (χ4v) is 10.8. The zero-order valence-corrected chi connectivity index (χ0v) is 32.6. The zero-order chi connectivity index (χ0) is 38.2. The van der Waals surface area contributed by atoms with E-state index in [1.165, 1.54) is 99.8 Å². The van der Waals surface area contributed by atoms with Crippen LogP contribution in [0, 0.1) is 0 Å². The Bertz CT molecular complexity index is 3160. The molecule has 3 aliphatic rings. The van der Waals surface area contributed by atoms with Crippen LogP contribution in [0.5, 0.6) is 0 Å². The maximum absolute atomic E-state index is 4.77. The summed E-state index contributed by atoms with van der Waals surface area (Å²) >= 11 is 0. The van der Waals surface area contributed by atoms with Crippen molar-refractivity contribution < 1.29 is 0 Å². The molecule has 272 valence electrons. The molecule has 12 rings (SSSR count). The number of benzene rings is 7. The van der Waals surface area contributed by atoms with E-state index in [0.29, 0.717) is 0 Å². The zero-order valence-electron chi connectivity index (χ0n) is 32.6. The van der Waals surface area contributed by atoms with Crippen LogP contribution < -0.4 is 0 Å². The Morgan fingerprint density at radius 2 is 1.23 bits per heavy atom. The molecular formula is C54H41N3. The second-order valence-corrected chi connectivity index (χ2v) is 17.4. The summed E-state index contributed by atoms with van der Waals surface area (Å²) in [5.41, 5.74) is 22.2. The molecule has 0 saturated carbocycles. The van der Waals surface area contributed by atoms with E-state index >= 15 is 0 Å². The first-order valence-corrected chi connectivity index (χ1v) is 20.2. The fraction of sp³-hybridized carbons (Fsp3) is 0.148. The van der Waals surface area contributed by atoms with E-state index in [-0.39, 0.29) is 16.7 Å². The monoisotopic (exact) mass is 731 g/mol. The van der Waals surface area contributed by atoms with Crippen molar-refractivity contribution in [2.24, 2.45) is 0 Å². The Balaban J connectivity index is 1.05. The molecule has 1 unspecified atom stereocenters. The largest absolute Gasteiger partial charge is 0.309 e. The van der Waals surface area contributed by atoms with E-state index < -0.39 is 0 Å². The standard InChI is InChI=1S/C54H41N3/c1-53(2)45-17-8-7-15-39(45)43-31-42-35(30-48(43)53)29-41(37-13-5-6-14-38(37)42)34-25-33(26-36(27-34)52-55-23-12-24-56-52)32-21-22-49-44(28-32)40-16-11-19-47-51(40)57(49)50-20-10-9-18-46(50)54(47,3)4/h5-28,30-31,41H,29H2,1-4H3. The van der Waals surface area contributed by atoms with E-state index in [9.17, 15) is 0 Å². The third-order valence-electron chi connectivity index (χ3n) is 13.7. The molecule has 57 heavy (non-hydrogen) atoms. The first-order chi connectivity index (χ1) is 27.8. The van der Waals surface area contributed by atoms with Gasteiger partial charge in [-0.05, 0) is 121 Å². The quantitative estimate of drug-likeness (QED) is 0.181. The second-order valence-electron chi connectivity index (χ2n) is 17.4. The van der Waals surface area contributed by atoms with Crippen LogP contribution in [0.15, 0.2) is 158 Å². The van der Waals surface area contributed by atoms with Gasteiger partial charge in [-0.25, -0.2) is 9.97 Å². The van der Waals surface area contributed by atoms with Gasteiger partial charge in [-0.15, -0.1) is 0 Å². The first kappa shape index (κ1) is 32.6. The maximum Gasteiger partial charge on any atom is 0.159 e. The summed E-state index contributed by atoms with van der Waals surface area (Å²) in [6.45, 7) is 9.49. The van der Waals surface area contributed by atoms with Gasteiger partial charge in [0.05, 0.1) is 16.7 Å². The second kappa shape index (κ2) is 11.5. The van der Waals surface area contributed by atoms with Crippen LogP contribution in [0.25, 0.3) is 72.3 Å². The van der Waals surface area contributed by atoms with Crippen molar-refractivity contribution in [2.45, 2.75) is 50.9 Å². The summed E-state index contributed by atoms with van der Waals surface area (Å²) in [6, 6.07) is 54.9. The minimum atomic E-state index is -0.100. The summed E-state index contributed by atoms with van der Waals surface area (Å²) < 4.78 is 2.50. The third kappa shape index (κ3) is 4.48. The van der Waals surface area contributed by atoms with E-state index in [4.69, 9.17) is 9.97 Å². The minimum Gasteiger partial charge on any atom is -0.309 e. The van der Waals surface area contributed by atoms with Crippen molar-refractivity contribution in [1.82, 2.24) is 14.5 Å². The van der Waals surface area contributed by atoms with Gasteiger partial charge in [0, 0.05) is 45.5 Å². The van der Waals surface area contributed by atoms with Crippen LogP contribution in [-0.2, 0) is 17.3 Å². The van der Waals surface area contributed by atoms with Crippen molar-refractivity contribution in [3.05, 3.63) is 197 Å². The number of hydrogen-bond acceptors (Lipinski definition) is 2. The molecule has 0 radical (unpaired) electrons. The lowest BCUT2D eigenvalue weighted by molar-refractivity contribution is 0.630. The number of para-hydroxylation sites is 2. The number of fused-ring (bicyclic) bond motifs is 11. The van der Waals surface area contributed by atoms with Gasteiger partial charge < -0.3 is 4.57 Å². The Morgan fingerprint density at radius 3 is 2.09 bits per heavy atom. The Morgan fingerprint density at radius 1 is 0.509 bits per heavy atom. The van der Waals surface area contributed by atoms with Gasteiger partial charge in [-0.2, -0.15) is 0 Å². The number of nitrogens with zero attached hydrogens (tertiary/aromatic N) is 3. The lowest BCUT2D eigenvalue weighted by atomic mass is 9.73. The highest BCUT2D eigenvalue weighted by molar-refractivity contribution is 6.12. The molecule has 2 aromatic heterocycles. The lowest BCUT2D eigenvalue weighted by Crippen LogP contribution is -2.26. The smallest absolute Gasteiger partial charge is 0.159 e. The lowest BCUT2D eigenvalue weighted by Gasteiger charge is -2.34. The molecule has 0 amide bonds. The Kier molecular flexibility index (Phi) is 6.58. The summed E-state index contributed by atoms with van der Waals surface area (Å²) in [6.07, 6.45) is 4.62. The van der Waals surface area contributed by atoms with Crippen LogP contribution in [-0.4, -0.2) is 14.5 Å². The normalized spacial score (nSPS) is 16.5. The summed E-state index contributed by atoms with van der Waals surface area (Å²) in [4.78, 5) is 9.54. The molecular weight excluding hydrogens is 691 g/mol. The van der Waals surface area contributed by atoms with Gasteiger partial charge >= 0.3 is 0 Å². The van der Waals surface area contributed by atoms with Crippen molar-refractivity contribution >= 4 is 21.8 Å². The highest BCUT2D eigenvalue weighted by atomic mass is 15.0. The van der Waals surface area contributed by atoms with Crippen molar-refractivity contribution in [3.8, 4) is 50.5 Å². The molecule has 3 heteroatoms. The molecule has 9 aromatic rings. The van der Waals surface area contributed by atoms with Crippen LogP contribution in [0.4, 0.5) is 0 Å². The first-order valence-electron chi connectivity index (χ1n) is 20.2. The molecule has 1 atom stereocenters. The summed E-state index contributed by atoms with van der Waals surface area (Å²) in [7, 11) is 0. The fourth-order valence-electron chi connectivity index (χ4n) is 10.8. The van der Waals surface area contributed by atoms with Gasteiger partial charge in [-0.3, -0.25) is 0 Å². The van der Waals surface area contributed by atoms with Crippen molar-refractivity contribution in [2.75, 3.05) is 0 Å². The topological polar surface area (TPSA) is 30.7 Å². The molecule has 0 bridgehead atoms. The number of hydrogen-bond donors (Lipinski definition) is 0. The van der Waals surface area contributed by atoms with Crippen molar-refractivity contribution in [1.29, 1.82) is 0 Å². The van der Waals surface area contributed by atoms with Crippen LogP contribution in [0.1, 0.15) is 72.6 Å². The van der Waals surface area contributed by atoms with Crippen LogP contribution >= 0.6 is 0 Å². The van der Waals surface area contributed by atoms with Gasteiger partial charge in [0.25, 0.3) is 0 Å². The van der Waals surface area contributed by atoms with Crippen LogP contribution in [0.2, 0.25) is 0 Å². The number of aromatic nitrogens is 3. The molecule has 3 heterocycles. The molecule has 0 fully saturated rings. The van der Waals surface area contributed by atoms with Crippen molar-refractivity contribution in [3.63, 3.8) is 0 Å². The van der Waals surface area contributed by atoms with E-state index in [1.54, 1.807) is 0 Å². The summed E-state index contributed by atoms with van der Waals surface area (Å²) in [5.74, 6) is 0.913. The molecule has 0 spiro atoms. The van der Waals surface area contributed by atoms with Crippen LogP contribution in [0.3, 0.4) is 0 Å². The molecule has 0 N–H and O–H groups in total. The number of rotatable bonds is 3. The maximum atomic E-state index is 4.77. The van der Waals surface area contributed by atoms with Gasteiger partial charge in [0.2, 0.25) is 0 Å². The van der Waals surface area contributed by atoms with E-state index in [0.717, 1.165) is 17.8 Å². The summed E-state index contributed by atoms with van der Waals surface area (Å²) in [5, 5.41) is 2.57. The van der Waals surface area contributed by atoms with E-state index in [2.05, 4.69) is 172 Å². The predicted molar refractivity (Wildman–Crippen MR) is 234 cm³/mol. The average Bonchev–Trinajstić information content (AvgIpc) is 3.70. The van der Waals surface area contributed by atoms with Gasteiger partial charge in [0.15, 0.2) is 5.82 Å². The SMILES string of the molecule is CC1(C)c2ccccc2-c2cc3c(cc21)CC(c1cc(-c2ccc4c(c2)c2cccc5c2n4-c2ccccc2C5(C)C)cc(-c2ncccn2)c1)c1ccccc1-3. The van der Waals surface area contributed by atoms with Gasteiger partial charge in [0.1, 0.15) is 0 Å². The predicted octanol–water partition coefficient (Wildman–Crippen LogP) is 13.2. The van der Waals surface area contributed by atoms with Gasteiger partial charge in [-0.1, -0.05) is 131 Å². The highest BCUT2D eigenvalue weighted by Gasteiger charge is 2.38. The third-order valence-corrected chi connectivity index (χ3v) is 13.7.